The Morgan fingerprint density at radius 1 is 1.30 bits per heavy atom. The van der Waals surface area contributed by atoms with E-state index >= 15 is 0 Å². The molecule has 0 unspecified atom stereocenters. The monoisotopic (exact) mass is 157 g/mol. The second-order valence-corrected chi connectivity index (χ2v) is 3.23. The molecule has 0 saturated carbocycles. The van der Waals surface area contributed by atoms with Crippen LogP contribution >= 0.6 is 11.8 Å². The molecule has 1 radical (unpaired) electrons. The van der Waals surface area contributed by atoms with Gasteiger partial charge < -0.3 is 0 Å². The van der Waals surface area contributed by atoms with E-state index in [9.17, 15) is 0 Å². The van der Waals surface area contributed by atoms with Crippen LogP contribution in [0.2, 0.25) is 0 Å². The third-order valence-electron chi connectivity index (χ3n) is 1.30. The van der Waals surface area contributed by atoms with Gasteiger partial charge in [-0.05, 0) is 44.6 Å². The van der Waals surface area contributed by atoms with Crippen molar-refractivity contribution in [2.45, 2.75) is 25.7 Å². The Morgan fingerprint density at radius 2 is 2.10 bits per heavy atom. The molecule has 0 heterocycles. The van der Waals surface area contributed by atoms with Crippen molar-refractivity contribution < 1.29 is 0 Å². The van der Waals surface area contributed by atoms with Crippen LogP contribution in [0.15, 0.2) is 12.2 Å². The fourth-order valence-corrected chi connectivity index (χ4v) is 1.24. The van der Waals surface area contributed by atoms with Crippen molar-refractivity contribution in [2.24, 2.45) is 0 Å². The van der Waals surface area contributed by atoms with Crippen molar-refractivity contribution in [1.82, 2.24) is 0 Å². The van der Waals surface area contributed by atoms with Gasteiger partial charge in [-0.3, -0.25) is 0 Å². The normalized spacial score (nSPS) is 11.0. The standard InChI is InChI=1S/C9H17S/c1-3-4-5-6-7-8-9-10-2/h4-5H,1,3,6-9H2,2H3/b5-4+. The van der Waals surface area contributed by atoms with Crippen molar-refractivity contribution >= 4 is 11.8 Å². The molecule has 0 atom stereocenters. The Balaban J connectivity index is 2.83. The zero-order valence-corrected chi connectivity index (χ0v) is 7.62. The van der Waals surface area contributed by atoms with Crippen LogP contribution in [0.4, 0.5) is 0 Å². The van der Waals surface area contributed by atoms with Crippen molar-refractivity contribution in [2.75, 3.05) is 12.0 Å². The smallest absolute Gasteiger partial charge is 0.00702 e. The summed E-state index contributed by atoms with van der Waals surface area (Å²) in [4.78, 5) is 0. The molecule has 0 aromatic rings. The van der Waals surface area contributed by atoms with Crippen molar-refractivity contribution in [3.63, 3.8) is 0 Å². The molecule has 0 fully saturated rings. The number of allylic oxidation sites excluding steroid dienone is 2. The fraction of sp³-hybridized carbons (Fsp3) is 0.667. The van der Waals surface area contributed by atoms with E-state index in [1.54, 1.807) is 0 Å². The van der Waals surface area contributed by atoms with Crippen LogP contribution in [0.1, 0.15) is 25.7 Å². The summed E-state index contributed by atoms with van der Waals surface area (Å²) in [6, 6.07) is 0. The van der Waals surface area contributed by atoms with Gasteiger partial charge in [0.1, 0.15) is 0 Å². The summed E-state index contributed by atoms with van der Waals surface area (Å²) in [6.45, 7) is 3.73. The molecule has 0 aromatic carbocycles. The summed E-state index contributed by atoms with van der Waals surface area (Å²) < 4.78 is 0. The second kappa shape index (κ2) is 9.09. The molecule has 0 rings (SSSR count). The largest absolute Gasteiger partial charge is 0.165 e. The Labute approximate surface area is 69.1 Å². The SMILES string of the molecule is [CH2]C/C=C/CCCCSC. The van der Waals surface area contributed by atoms with Gasteiger partial charge in [0.2, 0.25) is 0 Å². The molecule has 0 amide bonds. The van der Waals surface area contributed by atoms with E-state index in [1.165, 1.54) is 25.0 Å². The molecular formula is C9H17S. The Bertz CT molecular complexity index is 76.8. The van der Waals surface area contributed by atoms with Crippen LogP contribution in [0.3, 0.4) is 0 Å². The van der Waals surface area contributed by atoms with Crippen LogP contribution < -0.4 is 0 Å². The molecule has 0 aromatic heterocycles. The lowest BCUT2D eigenvalue weighted by Crippen LogP contribution is -1.76. The minimum Gasteiger partial charge on any atom is -0.165 e. The van der Waals surface area contributed by atoms with E-state index in [0.29, 0.717) is 0 Å². The van der Waals surface area contributed by atoms with Crippen LogP contribution in [0, 0.1) is 6.92 Å². The summed E-state index contributed by atoms with van der Waals surface area (Å²) in [6.07, 6.45) is 11.4. The highest BCUT2D eigenvalue weighted by atomic mass is 32.2. The molecule has 0 aliphatic rings. The minimum atomic E-state index is 0.933. The van der Waals surface area contributed by atoms with E-state index in [1.807, 2.05) is 11.8 Å². The molecule has 59 valence electrons. The Hall–Kier alpha value is 0.0900. The zero-order valence-electron chi connectivity index (χ0n) is 6.81. The van der Waals surface area contributed by atoms with Crippen LogP contribution in [0.25, 0.3) is 0 Å². The lowest BCUT2D eigenvalue weighted by Gasteiger charge is -1.92. The van der Waals surface area contributed by atoms with Gasteiger partial charge in [0.15, 0.2) is 0 Å². The van der Waals surface area contributed by atoms with Gasteiger partial charge in [0.05, 0.1) is 0 Å². The van der Waals surface area contributed by atoms with Gasteiger partial charge in [-0.15, -0.1) is 0 Å². The van der Waals surface area contributed by atoms with E-state index in [-0.39, 0.29) is 0 Å². The van der Waals surface area contributed by atoms with Crippen LogP contribution in [0.5, 0.6) is 0 Å². The molecule has 0 spiro atoms. The number of unbranched alkanes of at least 4 members (excludes halogenated alkanes) is 2. The van der Waals surface area contributed by atoms with Gasteiger partial charge in [-0.2, -0.15) is 11.8 Å². The molecule has 0 nitrogen and oxygen atoms in total. The molecule has 0 aliphatic carbocycles. The highest BCUT2D eigenvalue weighted by molar-refractivity contribution is 7.98. The quantitative estimate of drug-likeness (QED) is 0.421. The fourth-order valence-electron chi connectivity index (χ4n) is 0.744. The molecule has 0 aliphatic heterocycles. The third-order valence-corrected chi connectivity index (χ3v) is 2.00. The maximum absolute atomic E-state index is 3.73. The van der Waals surface area contributed by atoms with Crippen LogP contribution in [-0.4, -0.2) is 12.0 Å². The first-order valence-electron chi connectivity index (χ1n) is 3.85. The van der Waals surface area contributed by atoms with E-state index in [2.05, 4.69) is 25.3 Å². The van der Waals surface area contributed by atoms with Gasteiger partial charge in [0.25, 0.3) is 0 Å². The predicted octanol–water partition coefficient (Wildman–Crippen LogP) is 3.30. The van der Waals surface area contributed by atoms with E-state index in [4.69, 9.17) is 0 Å². The first kappa shape index (κ1) is 10.1. The summed E-state index contributed by atoms with van der Waals surface area (Å²) in [5.41, 5.74) is 0. The van der Waals surface area contributed by atoms with Gasteiger partial charge in [0, 0.05) is 0 Å². The predicted molar refractivity (Wildman–Crippen MR) is 51.3 cm³/mol. The average Bonchev–Trinajstić information content (AvgIpc) is 1.97. The molecule has 0 bridgehead atoms. The Morgan fingerprint density at radius 3 is 2.70 bits per heavy atom. The second-order valence-electron chi connectivity index (χ2n) is 2.25. The maximum atomic E-state index is 3.73. The molecule has 1 heteroatoms. The first-order valence-corrected chi connectivity index (χ1v) is 5.24. The topological polar surface area (TPSA) is 0 Å². The van der Waals surface area contributed by atoms with E-state index in [0.717, 1.165) is 6.42 Å². The zero-order chi connectivity index (χ0) is 7.66. The third kappa shape index (κ3) is 8.09. The van der Waals surface area contributed by atoms with Crippen molar-refractivity contribution in [3.8, 4) is 0 Å². The molecule has 0 N–H and O–H groups in total. The number of rotatable bonds is 6. The highest BCUT2D eigenvalue weighted by Crippen LogP contribution is 2.02. The molecular weight excluding hydrogens is 140 g/mol. The Kier molecular flexibility index (Phi) is 9.17. The highest BCUT2D eigenvalue weighted by Gasteiger charge is 1.83. The molecule has 0 saturated heterocycles. The summed E-state index contributed by atoms with van der Waals surface area (Å²) in [5.74, 6) is 1.30. The summed E-state index contributed by atoms with van der Waals surface area (Å²) in [5, 5.41) is 0. The summed E-state index contributed by atoms with van der Waals surface area (Å²) >= 11 is 1.93. The van der Waals surface area contributed by atoms with Gasteiger partial charge >= 0.3 is 0 Å². The molecule has 10 heavy (non-hydrogen) atoms. The van der Waals surface area contributed by atoms with E-state index < -0.39 is 0 Å². The summed E-state index contributed by atoms with van der Waals surface area (Å²) in [7, 11) is 0. The number of thioether (sulfide) groups is 1. The maximum Gasteiger partial charge on any atom is -0.00702 e. The lowest BCUT2D eigenvalue weighted by molar-refractivity contribution is 0.822. The number of hydrogen-bond acceptors (Lipinski definition) is 1. The van der Waals surface area contributed by atoms with Gasteiger partial charge in [-0.25, -0.2) is 0 Å². The minimum absolute atomic E-state index is 0.933. The lowest BCUT2D eigenvalue weighted by atomic mass is 10.2. The van der Waals surface area contributed by atoms with Gasteiger partial charge in [-0.1, -0.05) is 12.2 Å². The number of hydrogen-bond donors (Lipinski definition) is 0. The van der Waals surface area contributed by atoms with Crippen LogP contribution in [-0.2, 0) is 0 Å². The average molecular weight is 157 g/mol. The van der Waals surface area contributed by atoms with Crippen molar-refractivity contribution in [3.05, 3.63) is 19.1 Å². The first-order chi connectivity index (χ1) is 4.91. The van der Waals surface area contributed by atoms with Crippen molar-refractivity contribution in [1.29, 1.82) is 0 Å².